The number of hydrogen-bond acceptors (Lipinski definition) is 7. The molecule has 10 nitrogen and oxygen atoms in total. The maximum absolute atomic E-state index is 14.5. The molecule has 1 saturated heterocycles. The highest BCUT2D eigenvalue weighted by atomic mass is 19.2. The van der Waals surface area contributed by atoms with E-state index in [-0.39, 0.29) is 42.7 Å². The third-order valence-electron chi connectivity index (χ3n) is 8.22. The van der Waals surface area contributed by atoms with Crippen molar-refractivity contribution in [1.82, 2.24) is 24.2 Å². The zero-order valence-electron chi connectivity index (χ0n) is 25.9. The van der Waals surface area contributed by atoms with Crippen LogP contribution in [0.5, 0.6) is 0 Å². The van der Waals surface area contributed by atoms with Gasteiger partial charge in [-0.1, -0.05) is 18.2 Å². The lowest BCUT2D eigenvalue weighted by Gasteiger charge is -2.35. The molecule has 6 rings (SSSR count). The number of aromatic nitrogens is 4. The lowest BCUT2D eigenvalue weighted by Crippen LogP contribution is -2.51. The fourth-order valence-corrected chi connectivity index (χ4v) is 5.69. The molecular weight excluding hydrogens is 644 g/mol. The molecule has 0 aliphatic carbocycles. The van der Waals surface area contributed by atoms with E-state index in [0.717, 1.165) is 34.1 Å². The lowest BCUT2D eigenvalue weighted by molar-refractivity contribution is -0.144. The number of carbonyl (C=O) groups excluding carboxylic acids is 3. The van der Waals surface area contributed by atoms with Crippen LogP contribution in [0.15, 0.2) is 90.4 Å². The molecule has 2 aromatic heterocycles. The van der Waals surface area contributed by atoms with Crippen LogP contribution in [0.25, 0.3) is 5.69 Å². The Balaban J connectivity index is 1.16. The summed E-state index contributed by atoms with van der Waals surface area (Å²) < 4.78 is 58.5. The summed E-state index contributed by atoms with van der Waals surface area (Å²) in [6.07, 6.45) is 3.17. The molecule has 0 atom stereocenters. The van der Waals surface area contributed by atoms with E-state index in [9.17, 15) is 36.7 Å². The van der Waals surface area contributed by atoms with Crippen molar-refractivity contribution in [2.24, 2.45) is 0 Å². The van der Waals surface area contributed by atoms with Crippen LogP contribution < -0.4 is 10.5 Å². The van der Waals surface area contributed by atoms with Gasteiger partial charge in [0.05, 0.1) is 24.2 Å². The van der Waals surface area contributed by atoms with E-state index >= 15 is 0 Å². The van der Waals surface area contributed by atoms with Gasteiger partial charge in [0, 0.05) is 43.6 Å². The van der Waals surface area contributed by atoms with Crippen LogP contribution >= 0.6 is 0 Å². The molecule has 0 radical (unpaired) electrons. The minimum absolute atomic E-state index is 0.00226. The fourth-order valence-electron chi connectivity index (χ4n) is 5.69. The van der Waals surface area contributed by atoms with E-state index in [0.29, 0.717) is 13.1 Å². The first-order chi connectivity index (χ1) is 23.6. The van der Waals surface area contributed by atoms with E-state index < -0.39 is 58.3 Å². The second kappa shape index (κ2) is 14.1. The molecule has 0 unspecified atom stereocenters. The van der Waals surface area contributed by atoms with Gasteiger partial charge >= 0.3 is 0 Å². The number of pyridine rings is 1. The molecule has 1 amide bonds. The van der Waals surface area contributed by atoms with Crippen LogP contribution in [-0.4, -0.2) is 67.9 Å². The van der Waals surface area contributed by atoms with Crippen molar-refractivity contribution >= 4 is 23.2 Å². The quantitative estimate of drug-likeness (QED) is 0.0722. The average molecular weight is 673 g/mol. The molecule has 0 N–H and O–H groups in total. The number of piperazine rings is 1. The van der Waals surface area contributed by atoms with Gasteiger partial charge in [-0.2, -0.15) is 5.10 Å². The van der Waals surface area contributed by atoms with Crippen molar-refractivity contribution in [2.45, 2.75) is 19.4 Å². The second-order valence-electron chi connectivity index (χ2n) is 11.5. The normalized spacial score (nSPS) is 13.1. The molecule has 1 fully saturated rings. The summed E-state index contributed by atoms with van der Waals surface area (Å²) in [5, 5.41) is 4.10. The smallest absolute Gasteiger partial charge is 0.290 e. The molecule has 1 aliphatic rings. The number of rotatable bonds is 10. The minimum atomic E-state index is -1.65. The van der Waals surface area contributed by atoms with Gasteiger partial charge in [0.15, 0.2) is 23.2 Å². The molecule has 250 valence electrons. The maximum atomic E-state index is 14.5. The summed E-state index contributed by atoms with van der Waals surface area (Å²) in [6, 6.07) is 16.0. The van der Waals surface area contributed by atoms with Gasteiger partial charge in [0.2, 0.25) is 5.78 Å². The van der Waals surface area contributed by atoms with E-state index in [2.05, 4.69) is 10.1 Å². The summed E-state index contributed by atoms with van der Waals surface area (Å²) in [4.78, 5) is 60.2. The molecule has 3 aromatic carbocycles. The van der Waals surface area contributed by atoms with Crippen molar-refractivity contribution in [3.05, 3.63) is 141 Å². The molecular formula is C35H28F4N6O4. The van der Waals surface area contributed by atoms with Crippen LogP contribution in [-0.2, 0) is 22.6 Å². The van der Waals surface area contributed by atoms with E-state index in [1.807, 2.05) is 29.2 Å². The summed E-state index contributed by atoms with van der Waals surface area (Å²) in [7, 11) is 0. The Morgan fingerprint density at radius 3 is 2.10 bits per heavy atom. The van der Waals surface area contributed by atoms with Crippen LogP contribution in [0.3, 0.4) is 0 Å². The largest absolute Gasteiger partial charge is 0.368 e. The predicted octanol–water partition coefficient (Wildman–Crippen LogP) is 4.12. The highest BCUT2D eigenvalue weighted by Gasteiger charge is 2.29. The summed E-state index contributed by atoms with van der Waals surface area (Å²) in [5.41, 5.74) is 0.754. The fraction of sp³-hybridized carbons (Fsp3) is 0.200. The molecule has 3 heterocycles. The Morgan fingerprint density at radius 1 is 0.776 bits per heavy atom. The average Bonchev–Trinajstić information content (AvgIpc) is 3.64. The van der Waals surface area contributed by atoms with Crippen LogP contribution in [0.2, 0.25) is 0 Å². The first-order valence-corrected chi connectivity index (χ1v) is 15.2. The zero-order valence-corrected chi connectivity index (χ0v) is 25.9. The number of ketones is 2. The van der Waals surface area contributed by atoms with Gasteiger partial charge in [-0.3, -0.25) is 19.2 Å². The van der Waals surface area contributed by atoms with E-state index in [1.54, 1.807) is 17.1 Å². The number of benzene rings is 3. The molecule has 0 saturated carbocycles. The summed E-state index contributed by atoms with van der Waals surface area (Å²) in [5.74, 6) is -7.92. The van der Waals surface area contributed by atoms with Gasteiger partial charge in [-0.15, -0.1) is 0 Å². The molecule has 0 spiro atoms. The van der Waals surface area contributed by atoms with Gasteiger partial charge in [0.1, 0.15) is 18.5 Å². The Hall–Kier alpha value is -5.92. The first-order valence-electron chi connectivity index (χ1n) is 15.2. The van der Waals surface area contributed by atoms with E-state index in [4.69, 9.17) is 0 Å². The van der Waals surface area contributed by atoms with Crippen LogP contribution in [0.4, 0.5) is 23.2 Å². The number of hydrogen-bond donors (Lipinski definition) is 0. The zero-order chi connectivity index (χ0) is 34.7. The predicted molar refractivity (Wildman–Crippen MR) is 169 cm³/mol. The number of carbonyl (C=O) groups is 3. The molecule has 49 heavy (non-hydrogen) atoms. The number of halogens is 4. The highest BCUT2D eigenvalue weighted by Crippen LogP contribution is 2.20. The summed E-state index contributed by atoms with van der Waals surface area (Å²) in [6.45, 7) is 1.01. The topological polar surface area (TPSA) is 110 Å². The Kier molecular flexibility index (Phi) is 9.47. The van der Waals surface area contributed by atoms with Crippen molar-refractivity contribution in [1.29, 1.82) is 0 Å². The van der Waals surface area contributed by atoms with Crippen molar-refractivity contribution in [3.63, 3.8) is 0 Å². The second-order valence-corrected chi connectivity index (χ2v) is 11.5. The SMILES string of the molecule is O=C(CC(=O)c1cc(Cc2cc(F)c(F)c(F)c2)cn(Cc2ccccc2F)c1=O)C(=O)N1CCN(c2ccc(-n3cncn3)cc2)CC1. The molecule has 1 aliphatic heterocycles. The Bertz CT molecular complexity index is 2070. The molecule has 5 aromatic rings. The van der Waals surface area contributed by atoms with Crippen LogP contribution in [0, 0.1) is 23.3 Å². The van der Waals surface area contributed by atoms with E-state index in [1.165, 1.54) is 35.6 Å². The van der Waals surface area contributed by atoms with Gasteiger partial charge in [0.25, 0.3) is 11.5 Å². The third-order valence-corrected chi connectivity index (χ3v) is 8.22. The minimum Gasteiger partial charge on any atom is -0.368 e. The van der Waals surface area contributed by atoms with Gasteiger partial charge in [-0.25, -0.2) is 27.2 Å². The Morgan fingerprint density at radius 2 is 1.45 bits per heavy atom. The monoisotopic (exact) mass is 672 g/mol. The Labute approximate surface area is 276 Å². The third kappa shape index (κ3) is 7.32. The molecule has 14 heteroatoms. The van der Waals surface area contributed by atoms with Gasteiger partial charge in [-0.05, 0) is 66.1 Å². The summed E-state index contributed by atoms with van der Waals surface area (Å²) >= 11 is 0. The lowest BCUT2D eigenvalue weighted by atomic mass is 10.0. The number of nitrogens with zero attached hydrogens (tertiary/aromatic N) is 6. The van der Waals surface area contributed by atoms with Crippen LogP contribution in [0.1, 0.15) is 33.5 Å². The number of amides is 1. The van der Waals surface area contributed by atoms with Crippen molar-refractivity contribution < 1.29 is 31.9 Å². The number of anilines is 1. The standard InChI is InChI=1S/C35H28F4N6O4/c36-28-4-2-1-3-24(28)19-44-18-23(13-22-15-29(37)33(39)30(38)16-22)14-27(34(44)48)31(46)17-32(47)35(49)43-11-9-42(10-12-43)25-5-7-26(8-6-25)45-21-40-20-41-45/h1-8,14-16,18,20-21H,9-13,17,19H2. The molecule has 0 bridgehead atoms. The van der Waals surface area contributed by atoms with Crippen molar-refractivity contribution in [2.75, 3.05) is 31.1 Å². The van der Waals surface area contributed by atoms with Gasteiger partial charge < -0.3 is 14.4 Å². The maximum Gasteiger partial charge on any atom is 0.290 e. The number of Topliss-reactive ketones (excluding diaryl/α,β-unsaturated/α-hetero) is 2. The first kappa shape index (κ1) is 33.0. The highest BCUT2D eigenvalue weighted by molar-refractivity contribution is 6.40. The van der Waals surface area contributed by atoms with Crippen molar-refractivity contribution in [3.8, 4) is 5.69 Å².